The molecule has 0 radical (unpaired) electrons. The summed E-state index contributed by atoms with van der Waals surface area (Å²) in [5.74, 6) is 0.140. The lowest BCUT2D eigenvalue weighted by molar-refractivity contribution is 0.0699. The molecule has 47 heavy (non-hydrogen) atoms. The number of ether oxygens (including phenoxy) is 1. The zero-order valence-corrected chi connectivity index (χ0v) is 26.7. The number of alkyl halides is 2. The summed E-state index contributed by atoms with van der Waals surface area (Å²) in [5.41, 5.74) is 1.77. The van der Waals surface area contributed by atoms with Crippen molar-refractivity contribution in [3.05, 3.63) is 74.4 Å². The number of thiophene rings is 1. The summed E-state index contributed by atoms with van der Waals surface area (Å²) in [6.07, 6.45) is 3.00. The van der Waals surface area contributed by atoms with Gasteiger partial charge < -0.3 is 14.7 Å². The Morgan fingerprint density at radius 1 is 1.17 bits per heavy atom. The molecular weight excluding hydrogens is 652 g/mol. The van der Waals surface area contributed by atoms with Gasteiger partial charge >= 0.3 is 5.97 Å². The number of hydrogen-bond donors (Lipinski definition) is 1. The molecule has 0 bridgehead atoms. The lowest BCUT2D eigenvalue weighted by Crippen LogP contribution is -2.52. The van der Waals surface area contributed by atoms with Crippen molar-refractivity contribution in [3.63, 3.8) is 0 Å². The second-order valence-electron chi connectivity index (χ2n) is 10.9. The number of carboxylic acid groups (broad SMARTS) is 1. The number of halogens is 3. The first-order valence-electron chi connectivity index (χ1n) is 14.7. The summed E-state index contributed by atoms with van der Waals surface area (Å²) >= 11 is 7.61. The third-order valence-electron chi connectivity index (χ3n) is 8.26. The average molecular weight is 680 g/mol. The number of anilines is 1. The first-order chi connectivity index (χ1) is 22.7. The molecule has 0 unspecified atom stereocenters. The zero-order valence-electron chi connectivity index (χ0n) is 25.1. The van der Waals surface area contributed by atoms with Gasteiger partial charge in [0.25, 0.3) is 5.56 Å². The molecule has 0 spiro atoms. The Bertz CT molecular complexity index is 2090. The molecule has 0 atom stereocenters. The fourth-order valence-electron chi connectivity index (χ4n) is 5.84. The van der Waals surface area contributed by atoms with Gasteiger partial charge in [-0.3, -0.25) is 19.2 Å². The molecule has 1 N–H and O–H groups in total. The van der Waals surface area contributed by atoms with Gasteiger partial charge in [-0.05, 0) is 31.2 Å². The van der Waals surface area contributed by atoms with E-state index in [0.29, 0.717) is 69.9 Å². The van der Waals surface area contributed by atoms with Gasteiger partial charge in [0.15, 0.2) is 0 Å². The van der Waals surface area contributed by atoms with Crippen LogP contribution in [0, 0.1) is 18.3 Å². The van der Waals surface area contributed by atoms with Crippen LogP contribution in [0.4, 0.5) is 14.6 Å². The Hall–Kier alpha value is -4.71. The first kappa shape index (κ1) is 32.2. The number of aryl methyl sites for hydroxylation is 1. The lowest BCUT2D eigenvalue weighted by Gasteiger charge is -2.38. The van der Waals surface area contributed by atoms with Gasteiger partial charge in [0.05, 0.1) is 45.5 Å². The second kappa shape index (κ2) is 13.6. The summed E-state index contributed by atoms with van der Waals surface area (Å²) < 4.78 is 34.7. The van der Waals surface area contributed by atoms with Crippen LogP contribution in [0.25, 0.3) is 32.2 Å². The Labute approximate surface area is 276 Å². The van der Waals surface area contributed by atoms with Crippen LogP contribution in [0.1, 0.15) is 21.7 Å². The highest BCUT2D eigenvalue weighted by molar-refractivity contribution is 7.18. The maximum atomic E-state index is 13.9. The first-order valence-corrected chi connectivity index (χ1v) is 15.9. The molecule has 1 saturated heterocycles. The number of benzene rings is 1. The smallest absolute Gasteiger partial charge is 0.338 e. The fraction of sp³-hybridized carbons (Fsp3) is 0.312. The molecule has 242 valence electrons. The van der Waals surface area contributed by atoms with Crippen molar-refractivity contribution in [1.82, 2.24) is 24.4 Å². The minimum atomic E-state index is -1.07. The molecule has 1 fully saturated rings. The average Bonchev–Trinajstić information content (AvgIpc) is 3.52. The third-order valence-corrected chi connectivity index (χ3v) is 9.50. The summed E-state index contributed by atoms with van der Waals surface area (Å²) in [7, 11) is 0. The molecule has 4 aromatic heterocycles. The van der Waals surface area contributed by atoms with Crippen LogP contribution in [0.15, 0.2) is 46.8 Å². The summed E-state index contributed by atoms with van der Waals surface area (Å²) in [6.45, 7) is 1.86. The molecule has 0 saturated carbocycles. The van der Waals surface area contributed by atoms with Gasteiger partial charge in [0, 0.05) is 53.9 Å². The summed E-state index contributed by atoms with van der Waals surface area (Å²) in [6, 6.07) is 8.21. The quantitative estimate of drug-likeness (QED) is 0.212. The molecular formula is C32H28ClF2N7O4S. The highest BCUT2D eigenvalue weighted by Crippen LogP contribution is 2.39. The van der Waals surface area contributed by atoms with E-state index < -0.39 is 30.9 Å². The number of aromatic carboxylic acids is 1. The number of aromatic nitrogens is 4. The maximum Gasteiger partial charge on any atom is 0.338 e. The van der Waals surface area contributed by atoms with E-state index in [0.717, 1.165) is 0 Å². The monoisotopic (exact) mass is 679 g/mol. The van der Waals surface area contributed by atoms with E-state index in [9.17, 15) is 28.7 Å². The van der Waals surface area contributed by atoms with Crippen LogP contribution in [-0.2, 0) is 6.54 Å². The molecule has 5 heterocycles. The predicted molar refractivity (Wildman–Crippen MR) is 175 cm³/mol. The highest BCUT2D eigenvalue weighted by atomic mass is 35.5. The van der Waals surface area contributed by atoms with Crippen LogP contribution >= 0.6 is 22.9 Å². The maximum absolute atomic E-state index is 13.9. The molecule has 1 aliphatic heterocycles. The highest BCUT2D eigenvalue weighted by Gasteiger charge is 2.27. The Morgan fingerprint density at radius 2 is 1.94 bits per heavy atom. The SMILES string of the molecule is Cc1nc2cnc(N3CCN(C(CF)CF)CC3)c(C#N)c2c(=O)n1CCOc1ccc(Cl)cc1-c1ccnc2c(C(=O)O)csc12. The largest absolute Gasteiger partial charge is 0.491 e. The molecule has 0 aliphatic carbocycles. The predicted octanol–water partition coefficient (Wildman–Crippen LogP) is 5.11. The van der Waals surface area contributed by atoms with E-state index >= 15 is 0 Å². The van der Waals surface area contributed by atoms with Crippen LogP contribution in [0.2, 0.25) is 5.02 Å². The number of pyridine rings is 2. The van der Waals surface area contributed by atoms with Gasteiger partial charge in [-0.1, -0.05) is 11.6 Å². The van der Waals surface area contributed by atoms with Crippen molar-refractivity contribution in [2.75, 3.05) is 51.0 Å². The number of nitrogens with zero attached hydrogens (tertiary/aromatic N) is 7. The Balaban J connectivity index is 1.28. The van der Waals surface area contributed by atoms with Crippen molar-refractivity contribution in [2.45, 2.75) is 19.5 Å². The standard InChI is InChI=1S/C32H28ClF2N7O4S/c1-18-39-25-16-38-30(41-8-6-40(7-9-41)20(13-34)14-35)23(15-36)27(25)31(43)42(18)10-11-46-26-3-2-19(33)12-22(26)21-4-5-37-28-24(32(44)45)17-47-29(21)28/h2-5,12,16-17,20H,6-11,13-14H2,1H3,(H,44,45). The normalized spacial score (nSPS) is 13.8. The van der Waals surface area contributed by atoms with E-state index in [1.165, 1.54) is 28.3 Å². The van der Waals surface area contributed by atoms with Crippen LogP contribution < -0.4 is 15.2 Å². The topological polar surface area (TPSA) is 137 Å². The minimum Gasteiger partial charge on any atom is -0.491 e. The molecule has 1 aliphatic rings. The van der Waals surface area contributed by atoms with Crippen molar-refractivity contribution in [2.24, 2.45) is 0 Å². The van der Waals surface area contributed by atoms with E-state index in [4.69, 9.17) is 16.3 Å². The molecule has 0 amide bonds. The van der Waals surface area contributed by atoms with E-state index in [2.05, 4.69) is 21.0 Å². The molecule has 5 aromatic rings. The van der Waals surface area contributed by atoms with E-state index in [1.54, 1.807) is 41.5 Å². The number of hydrogen-bond acceptors (Lipinski definition) is 10. The van der Waals surface area contributed by atoms with Crippen LogP contribution in [-0.4, -0.2) is 87.7 Å². The molecule has 6 rings (SSSR count). The van der Waals surface area contributed by atoms with E-state index in [-0.39, 0.29) is 35.2 Å². The number of fused-ring (bicyclic) bond motifs is 2. The number of piperazine rings is 1. The number of carbonyl (C=O) groups is 1. The van der Waals surface area contributed by atoms with Gasteiger partial charge in [0.2, 0.25) is 0 Å². The minimum absolute atomic E-state index is 0.0632. The van der Waals surface area contributed by atoms with Crippen molar-refractivity contribution < 1.29 is 23.4 Å². The van der Waals surface area contributed by atoms with Crippen LogP contribution in [0.3, 0.4) is 0 Å². The summed E-state index contributed by atoms with van der Waals surface area (Å²) in [4.78, 5) is 42.4. The van der Waals surface area contributed by atoms with Crippen molar-refractivity contribution >= 4 is 55.8 Å². The molecule has 15 heteroatoms. The van der Waals surface area contributed by atoms with Gasteiger partial charge in [-0.15, -0.1) is 11.3 Å². The zero-order chi connectivity index (χ0) is 33.2. The van der Waals surface area contributed by atoms with Crippen molar-refractivity contribution in [3.8, 4) is 22.9 Å². The molecule has 1 aromatic carbocycles. The fourth-order valence-corrected chi connectivity index (χ4v) is 7.04. The van der Waals surface area contributed by atoms with Gasteiger partial charge in [0.1, 0.15) is 49.0 Å². The lowest BCUT2D eigenvalue weighted by atomic mass is 10.0. The van der Waals surface area contributed by atoms with Gasteiger partial charge in [-0.2, -0.15) is 5.26 Å². The molecule has 11 nitrogen and oxygen atoms in total. The second-order valence-corrected chi connectivity index (χ2v) is 12.2. The summed E-state index contributed by atoms with van der Waals surface area (Å²) in [5, 5.41) is 21.9. The Kier molecular flexibility index (Phi) is 9.31. The van der Waals surface area contributed by atoms with Gasteiger partial charge in [-0.25, -0.2) is 23.5 Å². The van der Waals surface area contributed by atoms with Crippen molar-refractivity contribution in [1.29, 1.82) is 5.26 Å². The number of carboxylic acids is 1. The number of nitriles is 1. The number of rotatable bonds is 10. The van der Waals surface area contributed by atoms with Crippen LogP contribution in [0.5, 0.6) is 5.75 Å². The Morgan fingerprint density at radius 3 is 2.64 bits per heavy atom. The van der Waals surface area contributed by atoms with E-state index in [1.807, 2.05) is 4.90 Å². The third kappa shape index (κ3) is 6.09.